The van der Waals surface area contributed by atoms with Gasteiger partial charge in [0.05, 0.1) is 18.7 Å². The molecule has 0 spiro atoms. The second-order valence-corrected chi connectivity index (χ2v) is 4.63. The van der Waals surface area contributed by atoms with E-state index >= 15 is 0 Å². The lowest BCUT2D eigenvalue weighted by atomic mass is 10.2. The average Bonchev–Trinajstić information content (AvgIpc) is 2.40. The molecule has 1 aromatic rings. The van der Waals surface area contributed by atoms with E-state index in [1.165, 1.54) is 0 Å². The normalized spacial score (nSPS) is 10.1. The zero-order valence-corrected chi connectivity index (χ0v) is 12.0. The number of hydrogen-bond donors (Lipinski definition) is 2. The maximum atomic E-state index is 11.7. The predicted molar refractivity (Wildman–Crippen MR) is 78.9 cm³/mol. The molecule has 0 aliphatic carbocycles. The third-order valence-electron chi connectivity index (χ3n) is 2.55. The summed E-state index contributed by atoms with van der Waals surface area (Å²) in [6.07, 6.45) is 2.12. The molecule has 0 radical (unpaired) electrons. The van der Waals surface area contributed by atoms with Gasteiger partial charge < -0.3 is 15.8 Å². The number of ether oxygens (including phenoxy) is 1. The second-order valence-electron chi connectivity index (χ2n) is 4.26. The van der Waals surface area contributed by atoms with Crippen LogP contribution in [-0.2, 0) is 9.59 Å². The number of para-hydroxylation sites is 2. The monoisotopic (exact) mass is 298 g/mol. The Labute approximate surface area is 123 Å². The van der Waals surface area contributed by atoms with Crippen LogP contribution in [0.25, 0.3) is 0 Å². The fourth-order valence-electron chi connectivity index (χ4n) is 1.55. The van der Waals surface area contributed by atoms with Gasteiger partial charge in [-0.2, -0.15) is 0 Å². The first-order chi connectivity index (χ1) is 9.63. The number of unbranched alkanes of at least 4 members (excludes halogenated alkanes) is 1. The standard InChI is InChI=1S/C14H19ClN2O3/c15-9-4-3-7-14(19)17-11-5-1-2-6-12(11)20-10-8-13(16)18/h1-2,5-6H,3-4,7-10H2,(H2,16,18)(H,17,19). The van der Waals surface area contributed by atoms with Crippen LogP contribution in [0, 0.1) is 0 Å². The van der Waals surface area contributed by atoms with Gasteiger partial charge in [-0.25, -0.2) is 0 Å². The number of rotatable bonds is 9. The zero-order chi connectivity index (χ0) is 14.8. The zero-order valence-electron chi connectivity index (χ0n) is 11.2. The van der Waals surface area contributed by atoms with E-state index < -0.39 is 5.91 Å². The molecule has 1 aromatic carbocycles. The molecule has 0 aromatic heterocycles. The number of nitrogens with one attached hydrogen (secondary N) is 1. The van der Waals surface area contributed by atoms with Crippen LogP contribution < -0.4 is 15.8 Å². The van der Waals surface area contributed by atoms with Gasteiger partial charge in [-0.3, -0.25) is 9.59 Å². The van der Waals surface area contributed by atoms with Gasteiger partial charge >= 0.3 is 0 Å². The molecule has 0 aliphatic heterocycles. The molecule has 6 heteroatoms. The lowest BCUT2D eigenvalue weighted by Crippen LogP contribution is -2.16. The minimum atomic E-state index is -0.424. The van der Waals surface area contributed by atoms with Crippen LogP contribution in [0.15, 0.2) is 24.3 Å². The molecule has 0 bridgehead atoms. The quantitative estimate of drug-likeness (QED) is 0.542. The van der Waals surface area contributed by atoms with Gasteiger partial charge in [0, 0.05) is 12.3 Å². The number of halogens is 1. The molecule has 110 valence electrons. The lowest BCUT2D eigenvalue weighted by molar-refractivity contribution is -0.118. The van der Waals surface area contributed by atoms with Gasteiger partial charge in [0.25, 0.3) is 0 Å². The van der Waals surface area contributed by atoms with Crippen molar-refractivity contribution in [3.63, 3.8) is 0 Å². The van der Waals surface area contributed by atoms with Crippen LogP contribution in [0.2, 0.25) is 0 Å². The number of carbonyl (C=O) groups is 2. The Balaban J connectivity index is 2.51. The molecule has 1 rings (SSSR count). The Bertz CT molecular complexity index is 452. The number of hydrogen-bond acceptors (Lipinski definition) is 3. The summed E-state index contributed by atoms with van der Waals surface area (Å²) in [5.74, 6) is 0.577. The third kappa shape index (κ3) is 6.43. The van der Waals surface area contributed by atoms with Crippen LogP contribution in [0.1, 0.15) is 25.7 Å². The van der Waals surface area contributed by atoms with Crippen molar-refractivity contribution in [3.05, 3.63) is 24.3 Å². The summed E-state index contributed by atoms with van der Waals surface area (Å²) in [5, 5.41) is 2.78. The molecule has 3 N–H and O–H groups in total. The van der Waals surface area contributed by atoms with E-state index in [1.54, 1.807) is 24.3 Å². The van der Waals surface area contributed by atoms with Crippen molar-refractivity contribution in [3.8, 4) is 5.75 Å². The Hall–Kier alpha value is -1.75. The largest absolute Gasteiger partial charge is 0.491 e. The van der Waals surface area contributed by atoms with Crippen molar-refractivity contribution in [1.82, 2.24) is 0 Å². The summed E-state index contributed by atoms with van der Waals surface area (Å²) in [6.45, 7) is 0.189. The summed E-state index contributed by atoms with van der Waals surface area (Å²) in [4.78, 5) is 22.4. The van der Waals surface area contributed by atoms with E-state index in [-0.39, 0.29) is 18.9 Å². The highest BCUT2D eigenvalue weighted by atomic mass is 35.5. The van der Waals surface area contributed by atoms with Crippen LogP contribution in [0.5, 0.6) is 5.75 Å². The number of primary amides is 1. The molecule has 20 heavy (non-hydrogen) atoms. The number of alkyl halides is 1. The predicted octanol–water partition coefficient (Wildman–Crippen LogP) is 2.29. The summed E-state index contributed by atoms with van der Waals surface area (Å²) < 4.78 is 5.44. The molecule has 0 saturated heterocycles. The number of carbonyl (C=O) groups excluding carboxylic acids is 2. The fraction of sp³-hybridized carbons (Fsp3) is 0.429. The SMILES string of the molecule is NC(=O)CCOc1ccccc1NC(=O)CCCCCl. The smallest absolute Gasteiger partial charge is 0.224 e. The molecule has 0 heterocycles. The molecule has 0 saturated carbocycles. The number of anilines is 1. The lowest BCUT2D eigenvalue weighted by Gasteiger charge is -2.11. The number of benzene rings is 1. The minimum Gasteiger partial charge on any atom is -0.491 e. The Morgan fingerprint density at radius 1 is 1.20 bits per heavy atom. The number of amides is 2. The van der Waals surface area contributed by atoms with E-state index in [0.29, 0.717) is 23.7 Å². The van der Waals surface area contributed by atoms with Crippen molar-refractivity contribution < 1.29 is 14.3 Å². The Morgan fingerprint density at radius 2 is 1.95 bits per heavy atom. The van der Waals surface area contributed by atoms with Crippen molar-refractivity contribution in [2.45, 2.75) is 25.7 Å². The second kappa shape index (κ2) is 9.20. The maximum absolute atomic E-state index is 11.7. The Morgan fingerprint density at radius 3 is 2.65 bits per heavy atom. The van der Waals surface area contributed by atoms with Crippen molar-refractivity contribution >= 4 is 29.1 Å². The van der Waals surface area contributed by atoms with Gasteiger partial charge in [0.2, 0.25) is 11.8 Å². The molecule has 0 unspecified atom stereocenters. The molecule has 0 aliphatic rings. The first kappa shape index (κ1) is 16.3. The van der Waals surface area contributed by atoms with Crippen LogP contribution in [0.3, 0.4) is 0 Å². The topological polar surface area (TPSA) is 81.4 Å². The van der Waals surface area contributed by atoms with Crippen molar-refractivity contribution in [1.29, 1.82) is 0 Å². The Kier molecular flexibility index (Phi) is 7.50. The fourth-order valence-corrected chi connectivity index (χ4v) is 1.74. The van der Waals surface area contributed by atoms with Crippen LogP contribution in [-0.4, -0.2) is 24.3 Å². The minimum absolute atomic E-state index is 0.0823. The van der Waals surface area contributed by atoms with E-state index in [2.05, 4.69) is 5.32 Å². The third-order valence-corrected chi connectivity index (χ3v) is 2.82. The summed E-state index contributed by atoms with van der Waals surface area (Å²) in [5.41, 5.74) is 5.63. The highest BCUT2D eigenvalue weighted by Crippen LogP contribution is 2.24. The molecule has 2 amide bonds. The maximum Gasteiger partial charge on any atom is 0.224 e. The first-order valence-corrected chi connectivity index (χ1v) is 7.03. The number of nitrogens with two attached hydrogens (primary N) is 1. The van der Waals surface area contributed by atoms with Crippen molar-refractivity contribution in [2.24, 2.45) is 5.73 Å². The van der Waals surface area contributed by atoms with Crippen molar-refractivity contribution in [2.75, 3.05) is 17.8 Å². The van der Waals surface area contributed by atoms with E-state index in [4.69, 9.17) is 22.1 Å². The molecular weight excluding hydrogens is 280 g/mol. The average molecular weight is 299 g/mol. The highest BCUT2D eigenvalue weighted by molar-refractivity contribution is 6.17. The van der Waals surface area contributed by atoms with Crippen LogP contribution in [0.4, 0.5) is 5.69 Å². The highest BCUT2D eigenvalue weighted by Gasteiger charge is 2.07. The van der Waals surface area contributed by atoms with Crippen LogP contribution >= 0.6 is 11.6 Å². The van der Waals surface area contributed by atoms with Gasteiger partial charge in [-0.05, 0) is 25.0 Å². The summed E-state index contributed by atoms with van der Waals surface area (Å²) in [7, 11) is 0. The first-order valence-electron chi connectivity index (χ1n) is 6.49. The molecule has 0 atom stereocenters. The molecular formula is C14H19ClN2O3. The van der Waals surface area contributed by atoms with E-state index in [9.17, 15) is 9.59 Å². The van der Waals surface area contributed by atoms with Gasteiger partial charge in [0.15, 0.2) is 0 Å². The summed E-state index contributed by atoms with van der Waals surface area (Å²) >= 11 is 5.56. The van der Waals surface area contributed by atoms with Gasteiger partial charge in [0.1, 0.15) is 5.75 Å². The summed E-state index contributed by atoms with van der Waals surface area (Å²) in [6, 6.07) is 7.08. The molecule has 0 fully saturated rings. The van der Waals surface area contributed by atoms with Gasteiger partial charge in [-0.15, -0.1) is 11.6 Å². The van der Waals surface area contributed by atoms with Gasteiger partial charge in [-0.1, -0.05) is 12.1 Å². The van der Waals surface area contributed by atoms with E-state index in [1.807, 2.05) is 0 Å². The van der Waals surface area contributed by atoms with E-state index in [0.717, 1.165) is 12.8 Å². The molecule has 5 nitrogen and oxygen atoms in total.